The number of aryl methyl sites for hydroxylation is 1. The van der Waals surface area contributed by atoms with Gasteiger partial charge in [-0.05, 0) is 36.4 Å². The average molecular weight is 427 g/mol. The predicted octanol–water partition coefficient (Wildman–Crippen LogP) is 3.72. The van der Waals surface area contributed by atoms with E-state index in [-0.39, 0.29) is 11.8 Å². The fourth-order valence-corrected chi connectivity index (χ4v) is 2.96. The smallest absolute Gasteiger partial charge is 0.253 e. The van der Waals surface area contributed by atoms with Crippen molar-refractivity contribution in [1.82, 2.24) is 14.5 Å². The summed E-state index contributed by atoms with van der Waals surface area (Å²) in [6, 6.07) is 14.0. The number of carbonyl (C=O) groups is 2. The second-order valence-electron chi connectivity index (χ2n) is 6.71. The van der Waals surface area contributed by atoms with E-state index in [1.807, 2.05) is 16.7 Å². The summed E-state index contributed by atoms with van der Waals surface area (Å²) in [5.41, 5.74) is 1.08. The first-order valence-corrected chi connectivity index (χ1v) is 9.88. The minimum Gasteiger partial charge on any atom is -0.492 e. The van der Waals surface area contributed by atoms with Crippen LogP contribution in [0, 0.1) is 0 Å². The lowest BCUT2D eigenvalue weighted by Crippen LogP contribution is -2.31. The lowest BCUT2D eigenvalue weighted by Gasteiger charge is -2.18. The van der Waals surface area contributed by atoms with Gasteiger partial charge in [0.05, 0.1) is 12.9 Å². The Hall–Kier alpha value is -3.32. The van der Waals surface area contributed by atoms with Gasteiger partial charge in [-0.3, -0.25) is 9.59 Å². The molecule has 8 heteroatoms. The quantitative estimate of drug-likeness (QED) is 0.565. The highest BCUT2D eigenvalue weighted by Crippen LogP contribution is 2.17. The number of nitrogens with one attached hydrogen (secondary N) is 1. The summed E-state index contributed by atoms with van der Waals surface area (Å²) in [5.74, 6) is 0.375. The normalized spacial score (nSPS) is 10.5. The van der Waals surface area contributed by atoms with E-state index < -0.39 is 0 Å². The van der Waals surface area contributed by atoms with Crippen molar-refractivity contribution < 1.29 is 14.3 Å². The molecule has 0 fully saturated rings. The number of imidazole rings is 1. The van der Waals surface area contributed by atoms with Crippen LogP contribution in [0.3, 0.4) is 0 Å². The highest BCUT2D eigenvalue weighted by Gasteiger charge is 2.13. The molecule has 0 saturated heterocycles. The second kappa shape index (κ2) is 10.5. The number of amides is 2. The molecular weight excluding hydrogens is 404 g/mol. The third kappa shape index (κ3) is 6.35. The van der Waals surface area contributed by atoms with Crippen molar-refractivity contribution in [1.29, 1.82) is 0 Å². The van der Waals surface area contributed by atoms with Crippen LogP contribution < -0.4 is 10.1 Å². The summed E-state index contributed by atoms with van der Waals surface area (Å²) < 4.78 is 7.47. The van der Waals surface area contributed by atoms with Crippen LogP contribution in [0.15, 0.2) is 67.3 Å². The topological polar surface area (TPSA) is 76.5 Å². The maximum Gasteiger partial charge on any atom is 0.253 e. The molecule has 0 atom stereocenters. The van der Waals surface area contributed by atoms with Crippen molar-refractivity contribution in [2.24, 2.45) is 0 Å². The summed E-state index contributed by atoms with van der Waals surface area (Å²) in [5, 5.41) is 3.43. The summed E-state index contributed by atoms with van der Waals surface area (Å²) in [6.07, 6.45) is 5.45. The first-order chi connectivity index (χ1) is 14.5. The Kier molecular flexibility index (Phi) is 7.45. The average Bonchev–Trinajstić information content (AvgIpc) is 3.25. The molecule has 0 saturated carbocycles. The molecule has 7 nitrogen and oxygen atoms in total. The summed E-state index contributed by atoms with van der Waals surface area (Å²) in [6.45, 7) is 1.29. The molecule has 3 rings (SSSR count). The minimum absolute atomic E-state index is 0.128. The van der Waals surface area contributed by atoms with E-state index in [0.717, 1.165) is 0 Å². The fourth-order valence-electron chi connectivity index (χ4n) is 2.78. The molecule has 0 unspecified atom stereocenters. The number of anilines is 1. The van der Waals surface area contributed by atoms with Gasteiger partial charge in [0.15, 0.2) is 0 Å². The first kappa shape index (κ1) is 21.4. The van der Waals surface area contributed by atoms with Crippen LogP contribution in [0.4, 0.5) is 5.69 Å². The number of likely N-dealkylation sites (N-methyl/N-ethyl adjacent to an activating group) is 1. The third-order valence-electron chi connectivity index (χ3n) is 4.39. The lowest BCUT2D eigenvalue weighted by atomic mass is 10.1. The molecule has 0 bridgehead atoms. The van der Waals surface area contributed by atoms with Crippen LogP contribution >= 0.6 is 11.6 Å². The van der Waals surface area contributed by atoms with Gasteiger partial charge in [-0.2, -0.15) is 0 Å². The van der Waals surface area contributed by atoms with Crippen molar-refractivity contribution in [3.05, 3.63) is 77.8 Å². The zero-order chi connectivity index (χ0) is 21.3. The van der Waals surface area contributed by atoms with E-state index in [1.54, 1.807) is 67.1 Å². The summed E-state index contributed by atoms with van der Waals surface area (Å²) in [7, 11) is 1.71. The fraction of sp³-hybridized carbons (Fsp3) is 0.227. The second-order valence-corrected chi connectivity index (χ2v) is 7.15. The van der Waals surface area contributed by atoms with E-state index in [9.17, 15) is 9.59 Å². The van der Waals surface area contributed by atoms with Crippen molar-refractivity contribution >= 4 is 29.1 Å². The van der Waals surface area contributed by atoms with Gasteiger partial charge in [-0.1, -0.05) is 23.7 Å². The number of hydrogen-bond acceptors (Lipinski definition) is 4. The van der Waals surface area contributed by atoms with Crippen molar-refractivity contribution in [2.45, 2.75) is 13.0 Å². The Morgan fingerprint density at radius 1 is 1.20 bits per heavy atom. The zero-order valence-electron chi connectivity index (χ0n) is 16.6. The van der Waals surface area contributed by atoms with Gasteiger partial charge in [0.1, 0.15) is 12.4 Å². The lowest BCUT2D eigenvalue weighted by molar-refractivity contribution is -0.116. The van der Waals surface area contributed by atoms with Crippen molar-refractivity contribution in [3.63, 3.8) is 0 Å². The van der Waals surface area contributed by atoms with Crippen LogP contribution in [-0.2, 0) is 11.3 Å². The van der Waals surface area contributed by atoms with E-state index in [4.69, 9.17) is 16.3 Å². The van der Waals surface area contributed by atoms with Gasteiger partial charge in [0.2, 0.25) is 5.91 Å². The number of aromatic nitrogens is 2. The Morgan fingerprint density at radius 3 is 2.80 bits per heavy atom. The number of nitrogens with zero attached hydrogens (tertiary/aromatic N) is 3. The molecule has 1 N–H and O–H groups in total. The molecule has 1 aromatic heterocycles. The van der Waals surface area contributed by atoms with E-state index in [0.29, 0.717) is 48.1 Å². The number of ether oxygens (including phenoxy) is 1. The number of halogens is 1. The van der Waals surface area contributed by atoms with Crippen LogP contribution in [0.5, 0.6) is 5.75 Å². The molecule has 1 heterocycles. The molecule has 0 spiro atoms. The molecule has 0 aliphatic carbocycles. The van der Waals surface area contributed by atoms with Gasteiger partial charge in [-0.25, -0.2) is 4.98 Å². The molecule has 30 heavy (non-hydrogen) atoms. The SMILES string of the molecule is CN(CCOc1cccc(Cl)c1)C(=O)c1cccc(NC(=O)CCn2ccnc2)c1. The molecule has 156 valence electrons. The highest BCUT2D eigenvalue weighted by atomic mass is 35.5. The van der Waals surface area contributed by atoms with Gasteiger partial charge < -0.3 is 19.5 Å². The van der Waals surface area contributed by atoms with Crippen LogP contribution in [-0.4, -0.2) is 46.5 Å². The number of rotatable bonds is 9. The Bertz CT molecular complexity index is 992. The molecule has 0 radical (unpaired) electrons. The van der Waals surface area contributed by atoms with Crippen LogP contribution in [0.2, 0.25) is 5.02 Å². The molecule has 0 aliphatic heterocycles. The Labute approximate surface area is 180 Å². The molecule has 3 aromatic rings. The van der Waals surface area contributed by atoms with Crippen LogP contribution in [0.25, 0.3) is 0 Å². The molecule has 2 amide bonds. The van der Waals surface area contributed by atoms with E-state index >= 15 is 0 Å². The zero-order valence-corrected chi connectivity index (χ0v) is 17.4. The predicted molar refractivity (Wildman–Crippen MR) is 116 cm³/mol. The number of hydrogen-bond donors (Lipinski definition) is 1. The minimum atomic E-state index is -0.154. The van der Waals surface area contributed by atoms with E-state index in [2.05, 4.69) is 10.3 Å². The maximum absolute atomic E-state index is 12.7. The summed E-state index contributed by atoms with van der Waals surface area (Å²) in [4.78, 5) is 30.4. The molecule has 0 aliphatic rings. The van der Waals surface area contributed by atoms with Gasteiger partial charge in [-0.15, -0.1) is 0 Å². The monoisotopic (exact) mass is 426 g/mol. The van der Waals surface area contributed by atoms with Crippen molar-refractivity contribution in [3.8, 4) is 5.75 Å². The largest absolute Gasteiger partial charge is 0.492 e. The van der Waals surface area contributed by atoms with Gasteiger partial charge in [0.25, 0.3) is 5.91 Å². The van der Waals surface area contributed by atoms with Gasteiger partial charge >= 0.3 is 0 Å². The van der Waals surface area contributed by atoms with Crippen molar-refractivity contribution in [2.75, 3.05) is 25.5 Å². The van der Waals surface area contributed by atoms with Gasteiger partial charge in [0, 0.05) is 48.7 Å². The third-order valence-corrected chi connectivity index (χ3v) is 4.62. The highest BCUT2D eigenvalue weighted by molar-refractivity contribution is 6.30. The van der Waals surface area contributed by atoms with E-state index in [1.165, 1.54) is 0 Å². The standard InChI is InChI=1S/C22H23ClN4O3/c1-26(12-13-30-20-7-3-5-18(23)15-20)22(29)17-4-2-6-19(14-17)25-21(28)8-10-27-11-9-24-16-27/h2-7,9,11,14-16H,8,10,12-13H2,1H3,(H,25,28). The number of benzene rings is 2. The Balaban J connectivity index is 1.49. The molecular formula is C22H23ClN4O3. The maximum atomic E-state index is 12.7. The summed E-state index contributed by atoms with van der Waals surface area (Å²) >= 11 is 5.93. The molecule has 2 aromatic carbocycles. The number of carbonyl (C=O) groups excluding carboxylic acids is 2. The first-order valence-electron chi connectivity index (χ1n) is 9.51. The van der Waals surface area contributed by atoms with Crippen LogP contribution in [0.1, 0.15) is 16.8 Å². The Morgan fingerprint density at radius 2 is 2.03 bits per heavy atom.